The fourth-order valence-corrected chi connectivity index (χ4v) is 2.72. The Balaban J connectivity index is 1.63. The van der Waals surface area contributed by atoms with Gasteiger partial charge in [-0.3, -0.25) is 14.3 Å². The molecule has 2 aromatic rings. The number of methoxy groups -OCH3 is 1. The Hall–Kier alpha value is -2.54. The molecule has 8 heteroatoms. The highest BCUT2D eigenvalue weighted by Crippen LogP contribution is 2.24. The van der Waals surface area contributed by atoms with E-state index in [4.69, 9.17) is 11.6 Å². The molecule has 0 bridgehead atoms. The van der Waals surface area contributed by atoms with Crippen molar-refractivity contribution < 1.29 is 14.3 Å². The van der Waals surface area contributed by atoms with Crippen LogP contribution in [0.3, 0.4) is 0 Å². The van der Waals surface area contributed by atoms with Crippen molar-refractivity contribution in [2.45, 2.75) is 19.0 Å². The normalized spacial score (nSPS) is 17.2. The number of esters is 1. The number of nitrogens with one attached hydrogen (secondary N) is 1. The van der Waals surface area contributed by atoms with Crippen LogP contribution in [0.15, 0.2) is 36.5 Å². The number of carbonyl (C=O) groups excluding carboxylic acids is 2. The fraction of sp³-hybridized carbons (Fsp3) is 0.312. The molecule has 1 saturated heterocycles. The summed E-state index contributed by atoms with van der Waals surface area (Å²) >= 11 is 5.88. The van der Waals surface area contributed by atoms with Gasteiger partial charge in [-0.1, -0.05) is 11.6 Å². The van der Waals surface area contributed by atoms with Crippen LogP contribution in [0.5, 0.6) is 0 Å². The molecule has 24 heavy (non-hydrogen) atoms. The number of aromatic nitrogens is 2. The molecule has 126 valence electrons. The Kier molecular flexibility index (Phi) is 4.71. The number of carbonyl (C=O) groups is 2. The van der Waals surface area contributed by atoms with E-state index in [0.717, 1.165) is 5.69 Å². The van der Waals surface area contributed by atoms with Gasteiger partial charge in [-0.15, -0.1) is 0 Å². The van der Waals surface area contributed by atoms with E-state index < -0.39 is 0 Å². The van der Waals surface area contributed by atoms with E-state index in [9.17, 15) is 9.59 Å². The third-order valence-corrected chi connectivity index (χ3v) is 4.08. The van der Waals surface area contributed by atoms with Crippen molar-refractivity contribution in [1.82, 2.24) is 9.78 Å². The van der Waals surface area contributed by atoms with Gasteiger partial charge in [0.2, 0.25) is 5.91 Å². The maximum Gasteiger partial charge on any atom is 0.327 e. The lowest BCUT2D eigenvalue weighted by Gasteiger charge is -2.17. The second-order valence-corrected chi connectivity index (χ2v) is 5.86. The number of halogens is 1. The Morgan fingerprint density at radius 2 is 2.12 bits per heavy atom. The number of ether oxygens (including phenoxy) is 1. The van der Waals surface area contributed by atoms with E-state index in [0.29, 0.717) is 23.8 Å². The predicted octanol–water partition coefficient (Wildman–Crippen LogP) is 1.93. The van der Waals surface area contributed by atoms with E-state index >= 15 is 0 Å². The minimum absolute atomic E-state index is 0.0140. The van der Waals surface area contributed by atoms with Gasteiger partial charge < -0.3 is 15.0 Å². The quantitative estimate of drug-likeness (QED) is 0.835. The van der Waals surface area contributed by atoms with Crippen LogP contribution in [0.2, 0.25) is 5.02 Å². The van der Waals surface area contributed by atoms with Crippen molar-refractivity contribution in [2.75, 3.05) is 23.9 Å². The Morgan fingerprint density at radius 3 is 2.83 bits per heavy atom. The standard InChI is InChI=1S/C16H17ClN4O3/c1-24-15(22)10-20-8-7-14(19-20)18-13-6-9-21(16(13)23)12-4-2-11(17)3-5-12/h2-5,7-8,13H,6,9-10H2,1H3,(H,18,19)/t13-/m1/s1. The van der Waals surface area contributed by atoms with Gasteiger partial charge in [-0.2, -0.15) is 5.10 Å². The van der Waals surface area contributed by atoms with Crippen molar-refractivity contribution in [3.05, 3.63) is 41.6 Å². The molecule has 1 aliphatic heterocycles. The largest absolute Gasteiger partial charge is 0.468 e. The van der Waals surface area contributed by atoms with E-state index in [2.05, 4.69) is 15.2 Å². The zero-order valence-electron chi connectivity index (χ0n) is 13.1. The fourth-order valence-electron chi connectivity index (χ4n) is 2.59. The zero-order valence-corrected chi connectivity index (χ0v) is 13.9. The third-order valence-electron chi connectivity index (χ3n) is 3.83. The van der Waals surface area contributed by atoms with Crippen LogP contribution < -0.4 is 10.2 Å². The summed E-state index contributed by atoms with van der Waals surface area (Å²) in [5, 5.41) is 7.97. The van der Waals surface area contributed by atoms with E-state index in [1.165, 1.54) is 11.8 Å². The molecule has 0 saturated carbocycles. The number of nitrogens with zero attached hydrogens (tertiary/aromatic N) is 3. The maximum absolute atomic E-state index is 12.5. The van der Waals surface area contributed by atoms with Crippen LogP contribution in [0, 0.1) is 0 Å². The molecule has 0 spiro atoms. The molecule has 1 aromatic heterocycles. The van der Waals surface area contributed by atoms with Crippen molar-refractivity contribution in [1.29, 1.82) is 0 Å². The Morgan fingerprint density at radius 1 is 1.38 bits per heavy atom. The monoisotopic (exact) mass is 348 g/mol. The van der Waals surface area contributed by atoms with Crippen LogP contribution in [0.4, 0.5) is 11.5 Å². The number of rotatable bonds is 5. The van der Waals surface area contributed by atoms with Crippen molar-refractivity contribution in [2.24, 2.45) is 0 Å². The van der Waals surface area contributed by atoms with Gasteiger partial charge in [0, 0.05) is 29.5 Å². The molecule has 1 atom stereocenters. The smallest absolute Gasteiger partial charge is 0.327 e. The summed E-state index contributed by atoms with van der Waals surface area (Å²) in [6.07, 6.45) is 2.33. The van der Waals surface area contributed by atoms with Crippen LogP contribution >= 0.6 is 11.6 Å². The molecule has 7 nitrogen and oxygen atoms in total. The van der Waals surface area contributed by atoms with E-state index in [1.807, 2.05) is 12.1 Å². The van der Waals surface area contributed by atoms with Crippen LogP contribution in [-0.4, -0.2) is 41.4 Å². The SMILES string of the molecule is COC(=O)Cn1ccc(N[C@@H]2CCN(c3ccc(Cl)cc3)C2=O)n1. The van der Waals surface area contributed by atoms with Gasteiger partial charge >= 0.3 is 5.97 Å². The average Bonchev–Trinajstić information content (AvgIpc) is 3.16. The molecular weight excluding hydrogens is 332 g/mol. The molecule has 1 fully saturated rings. The first-order valence-electron chi connectivity index (χ1n) is 7.50. The van der Waals surface area contributed by atoms with Gasteiger partial charge in [0.1, 0.15) is 18.4 Å². The number of amides is 1. The molecule has 0 radical (unpaired) electrons. The molecule has 3 rings (SSSR count). The second-order valence-electron chi connectivity index (χ2n) is 5.43. The minimum Gasteiger partial charge on any atom is -0.468 e. The van der Waals surface area contributed by atoms with Gasteiger partial charge in [0.15, 0.2) is 0 Å². The van der Waals surface area contributed by atoms with E-state index in [-0.39, 0.29) is 24.5 Å². The lowest BCUT2D eigenvalue weighted by molar-refractivity contribution is -0.141. The average molecular weight is 349 g/mol. The lowest BCUT2D eigenvalue weighted by Crippen LogP contribution is -2.33. The third kappa shape index (κ3) is 3.51. The molecule has 1 aliphatic rings. The number of hydrogen-bond acceptors (Lipinski definition) is 5. The van der Waals surface area contributed by atoms with Crippen LogP contribution in [0.1, 0.15) is 6.42 Å². The molecule has 0 aliphatic carbocycles. The zero-order chi connectivity index (χ0) is 17.1. The lowest BCUT2D eigenvalue weighted by atomic mass is 10.2. The van der Waals surface area contributed by atoms with Gasteiger partial charge in [-0.05, 0) is 30.7 Å². The first-order valence-corrected chi connectivity index (χ1v) is 7.88. The molecular formula is C16H17ClN4O3. The van der Waals surface area contributed by atoms with Crippen molar-refractivity contribution in [3.63, 3.8) is 0 Å². The Bertz CT molecular complexity index is 744. The van der Waals surface area contributed by atoms with Crippen molar-refractivity contribution in [3.8, 4) is 0 Å². The number of anilines is 2. The molecule has 2 heterocycles. The summed E-state index contributed by atoms with van der Waals surface area (Å²) in [5.74, 6) is 0.158. The number of hydrogen-bond donors (Lipinski definition) is 1. The summed E-state index contributed by atoms with van der Waals surface area (Å²) in [5.41, 5.74) is 0.824. The second kappa shape index (κ2) is 6.92. The topological polar surface area (TPSA) is 76.5 Å². The highest BCUT2D eigenvalue weighted by Gasteiger charge is 2.32. The summed E-state index contributed by atoms with van der Waals surface area (Å²) in [4.78, 5) is 25.5. The van der Waals surface area contributed by atoms with E-state index in [1.54, 1.807) is 29.3 Å². The Labute approximate surface area is 144 Å². The highest BCUT2D eigenvalue weighted by atomic mass is 35.5. The van der Waals surface area contributed by atoms with Gasteiger partial charge in [0.25, 0.3) is 0 Å². The number of benzene rings is 1. The summed E-state index contributed by atoms with van der Waals surface area (Å²) in [6, 6.07) is 8.56. The maximum atomic E-state index is 12.5. The summed E-state index contributed by atoms with van der Waals surface area (Å²) in [7, 11) is 1.33. The molecule has 1 amide bonds. The molecule has 1 aromatic carbocycles. The summed E-state index contributed by atoms with van der Waals surface area (Å²) < 4.78 is 6.06. The highest BCUT2D eigenvalue weighted by molar-refractivity contribution is 6.30. The molecule has 0 unspecified atom stereocenters. The minimum atomic E-state index is -0.379. The van der Waals surface area contributed by atoms with Gasteiger partial charge in [-0.25, -0.2) is 0 Å². The molecule has 1 N–H and O–H groups in total. The van der Waals surface area contributed by atoms with Crippen LogP contribution in [0.25, 0.3) is 0 Å². The van der Waals surface area contributed by atoms with Crippen LogP contribution in [-0.2, 0) is 20.9 Å². The summed E-state index contributed by atoms with van der Waals surface area (Å²) in [6.45, 7) is 0.661. The van der Waals surface area contributed by atoms with Gasteiger partial charge in [0.05, 0.1) is 7.11 Å². The van der Waals surface area contributed by atoms with Crippen molar-refractivity contribution >= 4 is 35.0 Å². The predicted molar refractivity (Wildman–Crippen MR) is 90.1 cm³/mol. The first-order chi connectivity index (χ1) is 11.6. The first kappa shape index (κ1) is 16.3.